The van der Waals surface area contributed by atoms with Crippen molar-refractivity contribution in [2.45, 2.75) is 26.7 Å². The highest BCUT2D eigenvalue weighted by Crippen LogP contribution is 2.26. The molecule has 2 aromatic rings. The number of fused-ring (bicyclic) bond motifs is 1. The third-order valence-electron chi connectivity index (χ3n) is 4.54. The molecule has 0 atom stereocenters. The van der Waals surface area contributed by atoms with E-state index in [-0.39, 0.29) is 5.91 Å². The van der Waals surface area contributed by atoms with Crippen LogP contribution in [-0.2, 0) is 0 Å². The van der Waals surface area contributed by atoms with Gasteiger partial charge in [-0.1, -0.05) is 18.7 Å². The lowest BCUT2D eigenvalue weighted by Crippen LogP contribution is -2.20. The Hall–Kier alpha value is -2.89. The second-order valence-electron chi connectivity index (χ2n) is 6.12. The molecule has 1 saturated heterocycles. The third kappa shape index (κ3) is 3.07. The molecule has 130 valence electrons. The number of pyridine rings is 1. The first-order valence-corrected chi connectivity index (χ1v) is 8.47. The number of nitrogen functional groups attached to an aromatic ring is 1. The van der Waals surface area contributed by atoms with Crippen molar-refractivity contribution >= 4 is 28.6 Å². The summed E-state index contributed by atoms with van der Waals surface area (Å²) in [6.45, 7) is 9.43. The minimum absolute atomic E-state index is 0.261. The van der Waals surface area contributed by atoms with Crippen molar-refractivity contribution in [3.63, 3.8) is 0 Å². The van der Waals surface area contributed by atoms with Crippen LogP contribution in [0.1, 0.15) is 31.5 Å². The first-order chi connectivity index (χ1) is 12.1. The molecule has 2 aromatic heterocycles. The second-order valence-corrected chi connectivity index (χ2v) is 6.12. The SMILES string of the molecule is C=C/C=C(C(=O)n1nc(N)c2ccc(N3CCCC3)nc21)\C(C)=C/C. The maximum absolute atomic E-state index is 13.0. The molecule has 1 aliphatic rings. The van der Waals surface area contributed by atoms with Crippen LogP contribution in [0.25, 0.3) is 11.0 Å². The van der Waals surface area contributed by atoms with Gasteiger partial charge in [0.2, 0.25) is 0 Å². The predicted octanol–water partition coefficient (Wildman–Crippen LogP) is 3.33. The normalized spacial score (nSPS) is 15.8. The van der Waals surface area contributed by atoms with Crippen LogP contribution < -0.4 is 10.6 Å². The van der Waals surface area contributed by atoms with Crippen LogP contribution in [-0.4, -0.2) is 33.8 Å². The van der Waals surface area contributed by atoms with Gasteiger partial charge in [-0.15, -0.1) is 5.10 Å². The number of carbonyl (C=O) groups excluding carboxylic acids is 1. The van der Waals surface area contributed by atoms with E-state index in [1.165, 1.54) is 4.68 Å². The van der Waals surface area contributed by atoms with Gasteiger partial charge < -0.3 is 10.6 Å². The monoisotopic (exact) mass is 337 g/mol. The van der Waals surface area contributed by atoms with Crippen LogP contribution in [0, 0.1) is 0 Å². The molecule has 2 N–H and O–H groups in total. The van der Waals surface area contributed by atoms with Crippen molar-refractivity contribution in [1.29, 1.82) is 0 Å². The Morgan fingerprint density at radius 3 is 2.68 bits per heavy atom. The van der Waals surface area contributed by atoms with E-state index >= 15 is 0 Å². The van der Waals surface area contributed by atoms with E-state index in [1.807, 2.05) is 32.1 Å². The van der Waals surface area contributed by atoms with Crippen LogP contribution in [0.4, 0.5) is 11.6 Å². The Morgan fingerprint density at radius 1 is 1.32 bits per heavy atom. The van der Waals surface area contributed by atoms with Gasteiger partial charge in [-0.05, 0) is 50.5 Å². The van der Waals surface area contributed by atoms with Gasteiger partial charge in [-0.2, -0.15) is 4.68 Å². The summed E-state index contributed by atoms with van der Waals surface area (Å²) >= 11 is 0. The van der Waals surface area contributed by atoms with Gasteiger partial charge in [-0.3, -0.25) is 4.79 Å². The Labute approximate surface area is 147 Å². The molecule has 0 unspecified atom stereocenters. The van der Waals surface area contributed by atoms with Gasteiger partial charge in [0.15, 0.2) is 11.5 Å². The Morgan fingerprint density at radius 2 is 2.04 bits per heavy atom. The van der Waals surface area contributed by atoms with Crippen molar-refractivity contribution < 1.29 is 4.79 Å². The van der Waals surface area contributed by atoms with Crippen LogP contribution in [0.15, 0.2) is 48.1 Å². The molecule has 0 bridgehead atoms. The van der Waals surface area contributed by atoms with E-state index in [0.29, 0.717) is 22.4 Å². The van der Waals surface area contributed by atoms with Crippen LogP contribution in [0.2, 0.25) is 0 Å². The number of nitrogens with two attached hydrogens (primary N) is 1. The number of anilines is 2. The summed E-state index contributed by atoms with van der Waals surface area (Å²) in [5.41, 5.74) is 7.87. The quantitative estimate of drug-likeness (QED) is 0.684. The molecule has 3 heterocycles. The van der Waals surface area contributed by atoms with E-state index in [9.17, 15) is 4.79 Å². The highest BCUT2D eigenvalue weighted by molar-refractivity contribution is 6.04. The summed E-state index contributed by atoms with van der Waals surface area (Å²) in [4.78, 5) is 19.9. The van der Waals surface area contributed by atoms with Crippen molar-refractivity contribution in [2.24, 2.45) is 0 Å². The molecule has 0 radical (unpaired) electrons. The fourth-order valence-electron chi connectivity index (χ4n) is 3.03. The highest BCUT2D eigenvalue weighted by Gasteiger charge is 2.21. The molecule has 3 rings (SSSR count). The Kier molecular flexibility index (Phi) is 4.70. The zero-order chi connectivity index (χ0) is 18.0. The van der Waals surface area contributed by atoms with Gasteiger partial charge >= 0.3 is 0 Å². The van der Waals surface area contributed by atoms with E-state index in [2.05, 4.69) is 21.6 Å². The molecular formula is C19H23N5O. The van der Waals surface area contributed by atoms with Gasteiger partial charge in [0.05, 0.1) is 5.39 Å². The molecular weight excluding hydrogens is 314 g/mol. The molecule has 0 aromatic carbocycles. The molecule has 0 spiro atoms. The van der Waals surface area contributed by atoms with Crippen molar-refractivity contribution in [1.82, 2.24) is 14.8 Å². The summed E-state index contributed by atoms with van der Waals surface area (Å²) in [6, 6.07) is 3.83. The zero-order valence-corrected chi connectivity index (χ0v) is 14.7. The molecule has 25 heavy (non-hydrogen) atoms. The lowest BCUT2D eigenvalue weighted by atomic mass is 10.1. The number of hydrogen-bond acceptors (Lipinski definition) is 5. The van der Waals surface area contributed by atoms with Crippen molar-refractivity contribution in [3.8, 4) is 0 Å². The molecule has 0 amide bonds. The number of aromatic nitrogens is 3. The van der Waals surface area contributed by atoms with Crippen LogP contribution in [0.5, 0.6) is 0 Å². The minimum Gasteiger partial charge on any atom is -0.382 e. The van der Waals surface area contributed by atoms with Gasteiger partial charge in [0, 0.05) is 18.7 Å². The van der Waals surface area contributed by atoms with E-state index in [0.717, 1.165) is 37.3 Å². The van der Waals surface area contributed by atoms with Gasteiger partial charge in [0.25, 0.3) is 5.91 Å². The highest BCUT2D eigenvalue weighted by atomic mass is 16.2. The Bertz CT molecular complexity index is 885. The third-order valence-corrected chi connectivity index (χ3v) is 4.54. The van der Waals surface area contributed by atoms with Crippen molar-refractivity contribution in [3.05, 3.63) is 48.1 Å². The topological polar surface area (TPSA) is 77.0 Å². The standard InChI is InChI=1S/C19H23N5O/c1-4-8-14(13(3)5-2)19(25)24-18-15(17(20)22-24)9-10-16(21-18)23-11-6-7-12-23/h4-5,8-10H,1,6-7,11-12H2,2-3H3,(H2,20,22)/b13-5-,14-8+. The lowest BCUT2D eigenvalue weighted by molar-refractivity contribution is 0.0948. The molecule has 6 heteroatoms. The number of carbonyl (C=O) groups is 1. The first kappa shape index (κ1) is 17.0. The average molecular weight is 337 g/mol. The maximum Gasteiger partial charge on any atom is 0.280 e. The lowest BCUT2D eigenvalue weighted by Gasteiger charge is -2.16. The summed E-state index contributed by atoms with van der Waals surface area (Å²) in [5, 5.41) is 4.93. The largest absolute Gasteiger partial charge is 0.382 e. The average Bonchev–Trinajstić information content (AvgIpc) is 3.27. The van der Waals surface area contributed by atoms with Crippen LogP contribution in [0.3, 0.4) is 0 Å². The zero-order valence-electron chi connectivity index (χ0n) is 14.7. The summed E-state index contributed by atoms with van der Waals surface area (Å²) in [5.74, 6) is 0.902. The molecule has 1 fully saturated rings. The van der Waals surface area contributed by atoms with E-state index < -0.39 is 0 Å². The van der Waals surface area contributed by atoms with Gasteiger partial charge in [-0.25, -0.2) is 4.98 Å². The fourth-order valence-corrected chi connectivity index (χ4v) is 3.03. The van der Waals surface area contributed by atoms with Crippen LogP contribution >= 0.6 is 0 Å². The molecule has 0 aliphatic carbocycles. The first-order valence-electron chi connectivity index (χ1n) is 8.47. The van der Waals surface area contributed by atoms with Gasteiger partial charge in [0.1, 0.15) is 5.82 Å². The Balaban J connectivity index is 2.11. The van der Waals surface area contributed by atoms with E-state index in [1.54, 1.807) is 12.2 Å². The number of rotatable bonds is 4. The van der Waals surface area contributed by atoms with Crippen molar-refractivity contribution in [2.75, 3.05) is 23.7 Å². The smallest absolute Gasteiger partial charge is 0.280 e. The summed E-state index contributed by atoms with van der Waals surface area (Å²) in [7, 11) is 0. The fraction of sp³-hybridized carbons (Fsp3) is 0.316. The van der Waals surface area contributed by atoms with E-state index in [4.69, 9.17) is 5.73 Å². The summed E-state index contributed by atoms with van der Waals surface area (Å²) < 4.78 is 1.30. The summed E-state index contributed by atoms with van der Waals surface area (Å²) in [6.07, 6.45) is 7.48. The maximum atomic E-state index is 13.0. The number of allylic oxidation sites excluding steroid dienone is 5. The number of hydrogen-bond donors (Lipinski definition) is 1. The molecule has 0 saturated carbocycles. The predicted molar refractivity (Wildman–Crippen MR) is 102 cm³/mol. The molecule has 6 nitrogen and oxygen atoms in total. The number of nitrogens with zero attached hydrogens (tertiary/aromatic N) is 4. The molecule has 1 aliphatic heterocycles. The minimum atomic E-state index is -0.261. The second kappa shape index (κ2) is 6.93.